The summed E-state index contributed by atoms with van der Waals surface area (Å²) in [5.41, 5.74) is 16.9. The molecule has 0 atom stereocenters. The van der Waals surface area contributed by atoms with Crippen molar-refractivity contribution in [3.8, 4) is 0 Å². The maximum atomic E-state index is 12.9. The van der Waals surface area contributed by atoms with Crippen molar-refractivity contribution in [2.45, 2.75) is 150 Å². The third-order valence-electron chi connectivity index (χ3n) is 13.3. The molecule has 0 amide bonds. The van der Waals surface area contributed by atoms with Crippen LogP contribution in [0.25, 0.3) is 32.7 Å². The van der Waals surface area contributed by atoms with Crippen LogP contribution in [0.1, 0.15) is 90.5 Å². The Morgan fingerprint density at radius 3 is 1.31 bits per heavy atom. The molecule has 0 unspecified atom stereocenters. The van der Waals surface area contributed by atoms with Gasteiger partial charge in [-0.1, -0.05) is 48.3 Å². The second-order valence-corrected chi connectivity index (χ2v) is 22.7. The molecule has 15 nitrogen and oxygen atoms in total. The number of nitrogens with one attached hydrogen (secondary N) is 1. The first-order chi connectivity index (χ1) is 32.1. The highest BCUT2D eigenvalue weighted by atomic mass is 79.9. The molecule has 3 saturated heterocycles. The monoisotopic (exact) mass is 1180 g/mol. The summed E-state index contributed by atoms with van der Waals surface area (Å²) in [5.74, 6) is 0.687. The van der Waals surface area contributed by atoms with E-state index in [9.17, 15) is 17.6 Å². The minimum absolute atomic E-state index is 0. The fourth-order valence-corrected chi connectivity index (χ4v) is 9.08. The number of alkyl halides is 4. The Hall–Kier alpha value is -3.03. The molecule has 3 aliphatic rings. The molecule has 3 aliphatic heterocycles. The normalized spacial score (nSPS) is 19.2. The number of nitrogen functional groups attached to an aromatic ring is 3. The van der Waals surface area contributed by atoms with Crippen molar-refractivity contribution < 1.29 is 45.5 Å². The van der Waals surface area contributed by atoms with Crippen molar-refractivity contribution in [3.05, 3.63) is 60.4 Å². The van der Waals surface area contributed by atoms with E-state index in [0.717, 1.165) is 20.1 Å². The van der Waals surface area contributed by atoms with Gasteiger partial charge in [-0.3, -0.25) is 14.5 Å². The van der Waals surface area contributed by atoms with Gasteiger partial charge in [0.25, 0.3) is 12.9 Å². The highest BCUT2D eigenvalue weighted by Gasteiger charge is 2.63. The highest BCUT2D eigenvalue weighted by molar-refractivity contribution is 9.11. The lowest BCUT2D eigenvalue weighted by molar-refractivity contribution is 0.00578. The van der Waals surface area contributed by atoms with E-state index in [1.165, 1.54) is 4.68 Å². The minimum Gasteiger partial charge on any atom is -0.405 e. The summed E-state index contributed by atoms with van der Waals surface area (Å²) in [6.07, 6.45) is -5.06. The number of hydrogen-bond donors (Lipinski definition) is 4. The summed E-state index contributed by atoms with van der Waals surface area (Å²) < 4.78 is 90.3. The molecule has 0 bridgehead atoms. The van der Waals surface area contributed by atoms with Gasteiger partial charge < -0.3 is 45.1 Å². The Morgan fingerprint density at radius 2 is 0.901 bits per heavy atom. The van der Waals surface area contributed by atoms with Gasteiger partial charge in [-0.15, -0.1) is 0 Å². The molecule has 3 aromatic heterocycles. The van der Waals surface area contributed by atoms with E-state index in [1.54, 1.807) is 30.3 Å². The van der Waals surface area contributed by atoms with Crippen LogP contribution in [0.5, 0.6) is 0 Å². The van der Waals surface area contributed by atoms with Crippen molar-refractivity contribution in [2.24, 2.45) is 0 Å². The zero-order chi connectivity index (χ0) is 52.4. The number of aromatic amines is 1. The first-order valence-corrected chi connectivity index (χ1v) is 24.6. The number of benzene rings is 3. The zero-order valence-corrected chi connectivity index (χ0v) is 46.0. The third-order valence-corrected chi connectivity index (χ3v) is 15.5. The quantitative estimate of drug-likeness (QED) is 0.0911. The highest BCUT2D eigenvalue weighted by Crippen LogP contribution is 2.44. The van der Waals surface area contributed by atoms with Crippen LogP contribution >= 0.6 is 66.7 Å². The lowest BCUT2D eigenvalue weighted by Crippen LogP contribution is -2.41. The fourth-order valence-electron chi connectivity index (χ4n) is 7.37. The number of halogens is 9. The Labute approximate surface area is 443 Å². The van der Waals surface area contributed by atoms with E-state index in [-0.39, 0.29) is 41.5 Å². The average molecular weight is 1180 g/mol. The topological polar surface area (TPSA) is 198 Å². The van der Waals surface area contributed by atoms with Crippen LogP contribution in [0.2, 0.25) is 15.1 Å². The molecular weight excluding hydrogens is 1130 g/mol. The van der Waals surface area contributed by atoms with E-state index in [0.29, 0.717) is 52.6 Å². The van der Waals surface area contributed by atoms with Gasteiger partial charge in [-0.25, -0.2) is 17.6 Å². The predicted octanol–water partition coefficient (Wildman–Crippen LogP) is 11.6. The van der Waals surface area contributed by atoms with Crippen LogP contribution in [0.4, 0.5) is 35.0 Å². The summed E-state index contributed by atoms with van der Waals surface area (Å²) in [6.45, 7) is 22.8. The molecule has 3 aromatic carbocycles. The van der Waals surface area contributed by atoms with Gasteiger partial charge in [0, 0.05) is 14.4 Å². The van der Waals surface area contributed by atoms with Gasteiger partial charge in [0.05, 0.1) is 81.4 Å². The van der Waals surface area contributed by atoms with Gasteiger partial charge in [-0.2, -0.15) is 15.3 Å². The van der Waals surface area contributed by atoms with Gasteiger partial charge in [0.2, 0.25) is 0 Å². The molecule has 0 radical (unpaired) electrons. The van der Waals surface area contributed by atoms with Crippen LogP contribution in [-0.2, 0) is 41.0 Å². The van der Waals surface area contributed by atoms with Crippen molar-refractivity contribution in [1.29, 1.82) is 0 Å². The maximum absolute atomic E-state index is 12.9. The maximum Gasteiger partial charge on any atom is 0.497 e. The van der Waals surface area contributed by atoms with Crippen LogP contribution in [0.3, 0.4) is 0 Å². The average Bonchev–Trinajstić information content (AvgIpc) is 4.02. The molecule has 6 aromatic rings. The fraction of sp³-hybridized carbons (Fsp3) is 0.523. The second kappa shape index (κ2) is 21.3. The first-order valence-electron chi connectivity index (χ1n) is 21.9. The lowest BCUT2D eigenvalue weighted by atomic mass is 9.49. The zero-order valence-electron chi connectivity index (χ0n) is 40.6. The number of anilines is 3. The summed E-state index contributed by atoms with van der Waals surface area (Å²) in [4.78, 5) is 0. The number of aromatic nitrogens is 6. The van der Waals surface area contributed by atoms with Crippen LogP contribution in [0, 0.1) is 0 Å². The van der Waals surface area contributed by atoms with E-state index < -0.39 is 58.3 Å². The molecule has 27 heteroatoms. The van der Waals surface area contributed by atoms with Crippen molar-refractivity contribution in [3.63, 3.8) is 0 Å². The number of nitrogens with zero attached hydrogens (tertiary/aromatic N) is 5. The summed E-state index contributed by atoms with van der Waals surface area (Å²) in [5, 5.41) is 17.6. The molecule has 7 N–H and O–H groups in total. The SMILES string of the molecule is C.CC1(C)OB(B2OC(C)(C)C(C)(C)O2)OC1(C)C.CC1(C)OB(c2ccc(Cl)c3c(N)nn(CC(F)F)c23)OC1(C)C.Nc1n[nH]c2c(Br)ccc(Cl)c12.Nc1nn(CC(F)F)c2c(Br)ccc(Cl)c12. The van der Waals surface area contributed by atoms with Crippen molar-refractivity contribution in [2.75, 3.05) is 17.2 Å². The van der Waals surface area contributed by atoms with Gasteiger partial charge in [0.15, 0.2) is 17.5 Å². The summed E-state index contributed by atoms with van der Waals surface area (Å²) in [6, 6.07) is 10.3. The molecule has 9 rings (SSSR count). The second-order valence-electron chi connectivity index (χ2n) is 19.8. The van der Waals surface area contributed by atoms with E-state index in [2.05, 4.69) is 52.3 Å². The smallest absolute Gasteiger partial charge is 0.405 e. The van der Waals surface area contributed by atoms with E-state index in [1.807, 2.05) is 89.2 Å². The predicted molar refractivity (Wildman–Crippen MR) is 286 cm³/mol. The Balaban J connectivity index is 0.000000180. The van der Waals surface area contributed by atoms with Crippen LogP contribution in [0.15, 0.2) is 45.3 Å². The largest absolute Gasteiger partial charge is 0.497 e. The summed E-state index contributed by atoms with van der Waals surface area (Å²) in [7, 11) is -1.67. The molecule has 388 valence electrons. The van der Waals surface area contributed by atoms with Crippen molar-refractivity contribution >= 4 is 143 Å². The summed E-state index contributed by atoms with van der Waals surface area (Å²) >= 11 is 24.7. The Morgan fingerprint density at radius 1 is 0.549 bits per heavy atom. The van der Waals surface area contributed by atoms with Crippen LogP contribution < -0.4 is 22.7 Å². The number of fused-ring (bicyclic) bond motifs is 3. The molecular formula is C44H59B3Br2Cl3F4N9O6. The van der Waals surface area contributed by atoms with Crippen molar-refractivity contribution in [1.82, 2.24) is 29.8 Å². The van der Waals surface area contributed by atoms with E-state index >= 15 is 0 Å². The van der Waals surface area contributed by atoms with Crippen LogP contribution in [-0.4, -0.2) is 97.4 Å². The standard InChI is InChI=1S/C15H19BClF2N3O2.C12H24B2O4.C9H7BrClF2N3.C7H5BrClN3.CH4/c1-14(2)15(3,4)24-16(23-14)8-5-6-9(17)11-12(8)22(7-10(18)19)21-13(11)20;1-9(2)10(3,4)16-13(15-9)14-17-11(5,6)12(7,8)18-14;10-4-1-2-5(11)7-8(4)16(3-6(12)13)15-9(7)14;8-3-1-2-4(9)5-6(3)11-12-7(5)10;/h5-6,10H,7H2,1-4H3,(H2,20,21);1-8H3;1-2,6H,3H2,(H2,14,15);1-2H,(H3,10,11,12);1H4. The molecule has 3 fully saturated rings. The molecule has 0 spiro atoms. The first kappa shape index (κ1) is 58.9. The Kier molecular flexibility index (Phi) is 17.7. The Bertz CT molecular complexity index is 2810. The number of rotatable bonds is 6. The third kappa shape index (κ3) is 11.9. The number of H-pyrrole nitrogens is 1. The van der Waals surface area contributed by atoms with Gasteiger partial charge in [-0.05, 0) is 145 Å². The number of hydrogen-bond acceptors (Lipinski definition) is 12. The van der Waals surface area contributed by atoms with Gasteiger partial charge >= 0.3 is 21.1 Å². The van der Waals surface area contributed by atoms with Gasteiger partial charge in [0.1, 0.15) is 13.1 Å². The molecule has 0 aliphatic carbocycles. The molecule has 6 heterocycles. The molecule has 71 heavy (non-hydrogen) atoms. The number of nitrogens with two attached hydrogens (primary N) is 3. The molecule has 0 saturated carbocycles. The lowest BCUT2D eigenvalue weighted by Gasteiger charge is -2.32. The minimum atomic E-state index is -2.57. The van der Waals surface area contributed by atoms with E-state index in [4.69, 9.17) is 79.9 Å².